The molecule has 1 heterocycles. The number of hydrogen-bond donors (Lipinski definition) is 2. The first-order chi connectivity index (χ1) is 9.92. The van der Waals surface area contributed by atoms with Crippen LogP contribution in [-0.4, -0.2) is 24.7 Å². The van der Waals surface area contributed by atoms with Crippen molar-refractivity contribution in [2.45, 2.75) is 44.3 Å². The molecule has 1 atom stereocenters. The van der Waals surface area contributed by atoms with Gasteiger partial charge in [-0.25, -0.2) is 0 Å². The number of alkyl halides is 3. The maximum atomic E-state index is 12.2. The quantitative estimate of drug-likeness (QED) is 0.876. The van der Waals surface area contributed by atoms with Gasteiger partial charge in [0.25, 0.3) is 0 Å². The van der Waals surface area contributed by atoms with Crippen molar-refractivity contribution in [2.75, 3.05) is 11.9 Å². The lowest BCUT2D eigenvalue weighted by atomic mass is 10.1. The molecule has 1 saturated heterocycles. The Hall–Kier alpha value is -1.56. The Morgan fingerprint density at radius 2 is 2.19 bits per heavy atom. The van der Waals surface area contributed by atoms with Gasteiger partial charge in [0.2, 0.25) is 5.91 Å². The minimum Gasteiger partial charge on any atom is -0.326 e. The molecule has 2 rings (SSSR count). The summed E-state index contributed by atoms with van der Waals surface area (Å²) in [5, 5.41) is 5.98. The van der Waals surface area contributed by atoms with Gasteiger partial charge in [0.1, 0.15) is 0 Å². The molecular formula is C15H19F3N2O. The molecule has 3 nitrogen and oxygen atoms in total. The predicted molar refractivity (Wildman–Crippen MR) is 75.1 cm³/mol. The van der Waals surface area contributed by atoms with Gasteiger partial charge in [-0.15, -0.1) is 0 Å². The minimum atomic E-state index is -4.16. The van der Waals surface area contributed by atoms with Crippen molar-refractivity contribution >= 4 is 11.6 Å². The van der Waals surface area contributed by atoms with E-state index >= 15 is 0 Å². The first-order valence-corrected chi connectivity index (χ1v) is 7.11. The van der Waals surface area contributed by atoms with Crippen molar-refractivity contribution < 1.29 is 18.0 Å². The van der Waals surface area contributed by atoms with Gasteiger partial charge in [-0.05, 0) is 43.5 Å². The highest BCUT2D eigenvalue weighted by Crippen LogP contribution is 2.23. The molecule has 1 fully saturated rings. The fraction of sp³-hybridized carbons (Fsp3) is 0.533. The highest BCUT2D eigenvalue weighted by molar-refractivity contribution is 5.91. The van der Waals surface area contributed by atoms with Crippen molar-refractivity contribution in [3.05, 3.63) is 29.8 Å². The van der Waals surface area contributed by atoms with E-state index in [0.29, 0.717) is 17.7 Å². The van der Waals surface area contributed by atoms with Gasteiger partial charge in [-0.3, -0.25) is 4.79 Å². The molecule has 1 aromatic carbocycles. The molecule has 116 valence electrons. The van der Waals surface area contributed by atoms with Gasteiger partial charge in [0, 0.05) is 24.6 Å². The third-order valence-corrected chi connectivity index (χ3v) is 3.50. The average molecular weight is 300 g/mol. The Kier molecular flexibility index (Phi) is 5.22. The Bertz CT molecular complexity index is 482. The van der Waals surface area contributed by atoms with E-state index in [4.69, 9.17) is 0 Å². The molecule has 2 N–H and O–H groups in total. The molecule has 1 aliphatic heterocycles. The topological polar surface area (TPSA) is 41.1 Å². The number of anilines is 1. The molecule has 21 heavy (non-hydrogen) atoms. The van der Waals surface area contributed by atoms with Gasteiger partial charge in [-0.1, -0.05) is 12.1 Å². The predicted octanol–water partition coefficient (Wildman–Crippen LogP) is 3.26. The van der Waals surface area contributed by atoms with Crippen LogP contribution in [0.5, 0.6) is 0 Å². The summed E-state index contributed by atoms with van der Waals surface area (Å²) in [6.07, 6.45) is -2.63. The van der Waals surface area contributed by atoms with E-state index in [1.54, 1.807) is 24.3 Å². The zero-order valence-corrected chi connectivity index (χ0v) is 11.7. The maximum absolute atomic E-state index is 12.2. The third-order valence-electron chi connectivity index (χ3n) is 3.50. The van der Waals surface area contributed by atoms with E-state index in [9.17, 15) is 18.0 Å². The second-order valence-electron chi connectivity index (χ2n) is 5.36. The van der Waals surface area contributed by atoms with E-state index in [2.05, 4.69) is 10.6 Å². The zero-order chi connectivity index (χ0) is 15.3. The minimum absolute atomic E-state index is 0.0720. The monoisotopic (exact) mass is 300 g/mol. The molecule has 0 saturated carbocycles. The Balaban J connectivity index is 1.86. The highest BCUT2D eigenvalue weighted by Gasteiger charge is 2.26. The summed E-state index contributed by atoms with van der Waals surface area (Å²) < 4.78 is 36.6. The number of benzene rings is 1. The van der Waals surface area contributed by atoms with E-state index in [1.165, 1.54) is 0 Å². The SMILES string of the molecule is O=C(CC1CCCN1)Nc1cccc(CCC(F)(F)F)c1. The first-order valence-electron chi connectivity index (χ1n) is 7.11. The summed E-state index contributed by atoms with van der Waals surface area (Å²) in [6.45, 7) is 0.935. The summed E-state index contributed by atoms with van der Waals surface area (Å²) in [6, 6.07) is 6.80. The summed E-state index contributed by atoms with van der Waals surface area (Å²) in [5.74, 6) is -0.109. The number of carbonyl (C=O) groups excluding carboxylic acids is 1. The normalized spacial score (nSPS) is 18.7. The number of aryl methyl sites for hydroxylation is 1. The standard InChI is InChI=1S/C15H19F3N2O/c16-15(17,18)7-6-11-3-1-4-13(9-11)20-14(21)10-12-5-2-8-19-12/h1,3-4,9,12,19H,2,5-8,10H2,(H,20,21). The molecule has 1 aliphatic rings. The van der Waals surface area contributed by atoms with Gasteiger partial charge in [0.05, 0.1) is 0 Å². The van der Waals surface area contributed by atoms with Crippen LogP contribution in [0, 0.1) is 0 Å². The van der Waals surface area contributed by atoms with Crippen LogP contribution in [0.15, 0.2) is 24.3 Å². The van der Waals surface area contributed by atoms with Crippen molar-refractivity contribution in [2.24, 2.45) is 0 Å². The van der Waals surface area contributed by atoms with Gasteiger partial charge in [-0.2, -0.15) is 13.2 Å². The number of rotatable bonds is 5. The van der Waals surface area contributed by atoms with Crippen LogP contribution in [-0.2, 0) is 11.2 Å². The lowest BCUT2D eigenvalue weighted by molar-refractivity contribution is -0.134. The van der Waals surface area contributed by atoms with Crippen molar-refractivity contribution in [1.82, 2.24) is 5.32 Å². The molecule has 0 radical (unpaired) electrons. The lowest BCUT2D eigenvalue weighted by Crippen LogP contribution is -2.27. The van der Waals surface area contributed by atoms with E-state index < -0.39 is 12.6 Å². The van der Waals surface area contributed by atoms with Crippen molar-refractivity contribution in [1.29, 1.82) is 0 Å². The molecule has 1 amide bonds. The zero-order valence-electron chi connectivity index (χ0n) is 11.7. The van der Waals surface area contributed by atoms with E-state index in [-0.39, 0.29) is 18.4 Å². The molecule has 1 unspecified atom stereocenters. The summed E-state index contributed by atoms with van der Waals surface area (Å²) >= 11 is 0. The Morgan fingerprint density at radius 1 is 1.38 bits per heavy atom. The molecule has 6 heteroatoms. The number of nitrogens with one attached hydrogen (secondary N) is 2. The van der Waals surface area contributed by atoms with Crippen LogP contribution >= 0.6 is 0 Å². The maximum Gasteiger partial charge on any atom is 0.389 e. The van der Waals surface area contributed by atoms with Gasteiger partial charge in [0.15, 0.2) is 0 Å². The third kappa shape index (κ3) is 5.75. The van der Waals surface area contributed by atoms with Gasteiger partial charge >= 0.3 is 6.18 Å². The summed E-state index contributed by atoms with van der Waals surface area (Å²) in [5.41, 5.74) is 1.13. The molecule has 0 aliphatic carbocycles. The molecule has 0 bridgehead atoms. The number of hydrogen-bond acceptors (Lipinski definition) is 2. The van der Waals surface area contributed by atoms with Crippen molar-refractivity contribution in [3.8, 4) is 0 Å². The average Bonchev–Trinajstić information content (AvgIpc) is 2.88. The molecule has 1 aromatic rings. The number of amides is 1. The summed E-state index contributed by atoms with van der Waals surface area (Å²) in [4.78, 5) is 11.9. The smallest absolute Gasteiger partial charge is 0.326 e. The molecule has 0 spiro atoms. The summed E-state index contributed by atoms with van der Waals surface area (Å²) in [7, 11) is 0. The fourth-order valence-corrected chi connectivity index (χ4v) is 2.46. The van der Waals surface area contributed by atoms with Crippen LogP contribution in [0.2, 0.25) is 0 Å². The van der Waals surface area contributed by atoms with E-state index in [0.717, 1.165) is 19.4 Å². The lowest BCUT2D eigenvalue weighted by Gasteiger charge is -2.11. The molecular weight excluding hydrogens is 281 g/mol. The van der Waals surface area contributed by atoms with Crippen LogP contribution in [0.25, 0.3) is 0 Å². The van der Waals surface area contributed by atoms with Crippen molar-refractivity contribution in [3.63, 3.8) is 0 Å². The van der Waals surface area contributed by atoms with Crippen LogP contribution in [0.1, 0.15) is 31.2 Å². The second kappa shape index (κ2) is 6.93. The van der Waals surface area contributed by atoms with Crippen LogP contribution < -0.4 is 10.6 Å². The van der Waals surface area contributed by atoms with Crippen LogP contribution in [0.4, 0.5) is 18.9 Å². The number of carbonyl (C=O) groups is 1. The second-order valence-corrected chi connectivity index (χ2v) is 5.36. The van der Waals surface area contributed by atoms with Gasteiger partial charge < -0.3 is 10.6 Å². The Morgan fingerprint density at radius 3 is 2.86 bits per heavy atom. The molecule has 0 aromatic heterocycles. The van der Waals surface area contributed by atoms with Crippen LogP contribution in [0.3, 0.4) is 0 Å². The van der Waals surface area contributed by atoms with E-state index in [1.807, 2.05) is 0 Å². The highest BCUT2D eigenvalue weighted by atomic mass is 19.4. The first kappa shape index (κ1) is 15.8. The number of halogens is 3. The largest absolute Gasteiger partial charge is 0.389 e. The fourth-order valence-electron chi connectivity index (χ4n) is 2.46. The Labute approximate surface area is 121 Å².